The first kappa shape index (κ1) is 13.6. The zero-order chi connectivity index (χ0) is 14.0. The van der Waals surface area contributed by atoms with E-state index in [1.807, 2.05) is 0 Å². The van der Waals surface area contributed by atoms with Crippen molar-refractivity contribution in [3.05, 3.63) is 33.6 Å². The fourth-order valence-corrected chi connectivity index (χ4v) is 3.01. The van der Waals surface area contributed by atoms with Crippen LogP contribution in [0.2, 0.25) is 0 Å². The predicted molar refractivity (Wildman–Crippen MR) is 69.4 cm³/mol. The van der Waals surface area contributed by atoms with Gasteiger partial charge in [-0.25, -0.2) is 9.18 Å². The van der Waals surface area contributed by atoms with E-state index in [4.69, 9.17) is 5.11 Å². The van der Waals surface area contributed by atoms with Gasteiger partial charge in [0.25, 0.3) is 5.69 Å². The van der Waals surface area contributed by atoms with Crippen molar-refractivity contribution in [2.45, 2.75) is 12.5 Å². The minimum Gasteiger partial charge on any atom is -0.478 e. The lowest BCUT2D eigenvalue weighted by molar-refractivity contribution is -0.384. The van der Waals surface area contributed by atoms with E-state index in [0.29, 0.717) is 6.07 Å². The molecule has 19 heavy (non-hydrogen) atoms. The van der Waals surface area contributed by atoms with Crippen LogP contribution in [-0.4, -0.2) is 33.5 Å². The molecule has 0 bridgehead atoms. The number of nitrogens with zero attached hydrogens (tertiary/aromatic N) is 1. The second-order valence-corrected chi connectivity index (χ2v) is 5.27. The molecule has 1 atom stereocenters. The molecule has 6 nitrogen and oxygen atoms in total. The van der Waals surface area contributed by atoms with Crippen molar-refractivity contribution in [1.29, 1.82) is 0 Å². The first-order chi connectivity index (χ1) is 8.99. The lowest BCUT2D eigenvalue weighted by Gasteiger charge is -2.13. The molecule has 2 rings (SSSR count). The van der Waals surface area contributed by atoms with Crippen molar-refractivity contribution in [3.63, 3.8) is 0 Å². The number of hydrogen-bond donors (Lipinski definition) is 2. The standard InChI is InChI=1S/C11H11FN2O4S/c12-8-4-10(14(17)18)9(3-7(8)11(15)16)13-6-1-2-19-5-6/h3-4,6,13H,1-2,5H2,(H,15,16). The van der Waals surface area contributed by atoms with Gasteiger partial charge < -0.3 is 10.4 Å². The molecule has 102 valence electrons. The Hall–Kier alpha value is -1.83. The van der Waals surface area contributed by atoms with Gasteiger partial charge in [-0.1, -0.05) is 0 Å². The Kier molecular flexibility index (Phi) is 3.89. The topological polar surface area (TPSA) is 92.5 Å². The van der Waals surface area contributed by atoms with E-state index in [1.54, 1.807) is 11.8 Å². The maximum Gasteiger partial charge on any atom is 0.338 e. The highest BCUT2D eigenvalue weighted by Gasteiger charge is 2.24. The van der Waals surface area contributed by atoms with Crippen LogP contribution in [0.25, 0.3) is 0 Å². The largest absolute Gasteiger partial charge is 0.478 e. The van der Waals surface area contributed by atoms with Gasteiger partial charge >= 0.3 is 5.97 Å². The van der Waals surface area contributed by atoms with Crippen LogP contribution in [0.3, 0.4) is 0 Å². The molecule has 1 unspecified atom stereocenters. The number of carbonyl (C=O) groups is 1. The van der Waals surface area contributed by atoms with Crippen LogP contribution in [0.4, 0.5) is 15.8 Å². The quantitative estimate of drug-likeness (QED) is 0.652. The second-order valence-electron chi connectivity index (χ2n) is 4.12. The van der Waals surface area contributed by atoms with Crippen LogP contribution in [0, 0.1) is 15.9 Å². The molecule has 1 saturated heterocycles. The van der Waals surface area contributed by atoms with Gasteiger partial charge in [-0.05, 0) is 18.2 Å². The van der Waals surface area contributed by atoms with E-state index in [1.165, 1.54) is 0 Å². The van der Waals surface area contributed by atoms with Crippen molar-refractivity contribution < 1.29 is 19.2 Å². The first-order valence-corrected chi connectivity index (χ1v) is 6.70. The van der Waals surface area contributed by atoms with E-state index in [-0.39, 0.29) is 11.7 Å². The number of nitrogens with one attached hydrogen (secondary N) is 1. The van der Waals surface area contributed by atoms with Crippen molar-refractivity contribution in [2.24, 2.45) is 0 Å². The smallest absolute Gasteiger partial charge is 0.338 e. The third-order valence-corrected chi connectivity index (χ3v) is 3.96. The van der Waals surface area contributed by atoms with Crippen LogP contribution in [0.5, 0.6) is 0 Å². The zero-order valence-corrected chi connectivity index (χ0v) is 10.6. The van der Waals surface area contributed by atoms with Crippen LogP contribution >= 0.6 is 11.8 Å². The minimum atomic E-state index is -1.45. The van der Waals surface area contributed by atoms with Gasteiger partial charge in [0.1, 0.15) is 11.5 Å². The molecule has 1 fully saturated rings. The molecule has 1 aliphatic heterocycles. The normalized spacial score (nSPS) is 18.3. The SMILES string of the molecule is O=C(O)c1cc(NC2CCSC2)c([N+](=O)[O-])cc1F. The summed E-state index contributed by atoms with van der Waals surface area (Å²) >= 11 is 1.71. The first-order valence-electron chi connectivity index (χ1n) is 5.54. The molecule has 0 radical (unpaired) electrons. The number of benzene rings is 1. The van der Waals surface area contributed by atoms with E-state index in [2.05, 4.69) is 5.32 Å². The van der Waals surface area contributed by atoms with Crippen LogP contribution in [-0.2, 0) is 0 Å². The van der Waals surface area contributed by atoms with E-state index >= 15 is 0 Å². The number of thioether (sulfide) groups is 1. The minimum absolute atomic E-state index is 0.0378. The third kappa shape index (κ3) is 2.95. The van der Waals surface area contributed by atoms with E-state index < -0.39 is 28.0 Å². The number of hydrogen-bond acceptors (Lipinski definition) is 5. The summed E-state index contributed by atoms with van der Waals surface area (Å²) in [4.78, 5) is 21.0. The summed E-state index contributed by atoms with van der Waals surface area (Å²) < 4.78 is 13.4. The number of halogens is 1. The van der Waals surface area contributed by atoms with Gasteiger partial charge in [0.15, 0.2) is 0 Å². The van der Waals surface area contributed by atoms with Gasteiger partial charge in [-0.15, -0.1) is 0 Å². The fourth-order valence-electron chi connectivity index (χ4n) is 1.86. The lowest BCUT2D eigenvalue weighted by atomic mass is 10.1. The summed E-state index contributed by atoms with van der Waals surface area (Å²) in [5.74, 6) is -0.822. The number of aromatic carboxylic acids is 1. The number of nitro groups is 1. The molecule has 8 heteroatoms. The summed E-state index contributed by atoms with van der Waals surface area (Å²) in [7, 11) is 0. The second kappa shape index (κ2) is 5.43. The summed E-state index contributed by atoms with van der Waals surface area (Å²) in [5.41, 5.74) is -0.963. The third-order valence-electron chi connectivity index (χ3n) is 2.80. The molecule has 0 aliphatic carbocycles. The zero-order valence-electron chi connectivity index (χ0n) is 9.76. The van der Waals surface area contributed by atoms with Crippen molar-refractivity contribution in [3.8, 4) is 0 Å². The molecule has 0 saturated carbocycles. The summed E-state index contributed by atoms with van der Waals surface area (Å²) in [6, 6.07) is 1.67. The monoisotopic (exact) mass is 286 g/mol. The Labute approximate surface area is 112 Å². The van der Waals surface area contributed by atoms with Crippen molar-refractivity contribution in [2.75, 3.05) is 16.8 Å². The van der Waals surface area contributed by atoms with Crippen molar-refractivity contribution >= 4 is 29.1 Å². The van der Waals surface area contributed by atoms with Gasteiger partial charge in [-0.3, -0.25) is 10.1 Å². The number of carboxylic acid groups (broad SMARTS) is 1. The summed E-state index contributed by atoms with van der Waals surface area (Å²) in [5, 5.41) is 22.6. The predicted octanol–water partition coefficient (Wildman–Crippen LogP) is 2.35. The highest BCUT2D eigenvalue weighted by Crippen LogP contribution is 2.30. The summed E-state index contributed by atoms with van der Waals surface area (Å²) in [6.45, 7) is 0. The van der Waals surface area contributed by atoms with E-state index in [9.17, 15) is 19.3 Å². The molecule has 1 aromatic carbocycles. The maximum absolute atomic E-state index is 13.4. The molecule has 0 amide bonds. The Morgan fingerprint density at radius 2 is 2.32 bits per heavy atom. The molecular formula is C11H11FN2O4S. The van der Waals surface area contributed by atoms with Gasteiger partial charge in [0, 0.05) is 11.8 Å². The average molecular weight is 286 g/mol. The molecule has 0 spiro atoms. The Morgan fingerprint density at radius 3 is 2.84 bits per heavy atom. The fraction of sp³-hybridized carbons (Fsp3) is 0.364. The lowest BCUT2D eigenvalue weighted by Crippen LogP contribution is -2.19. The highest BCUT2D eigenvalue weighted by molar-refractivity contribution is 7.99. The van der Waals surface area contributed by atoms with Gasteiger partial charge in [-0.2, -0.15) is 11.8 Å². The number of nitro benzene ring substituents is 1. The van der Waals surface area contributed by atoms with Gasteiger partial charge in [0.05, 0.1) is 16.6 Å². The molecule has 1 aromatic rings. The molecule has 1 heterocycles. The number of carboxylic acids is 1. The average Bonchev–Trinajstić information content (AvgIpc) is 2.83. The molecule has 1 aliphatic rings. The number of rotatable bonds is 4. The van der Waals surface area contributed by atoms with E-state index in [0.717, 1.165) is 24.0 Å². The Balaban J connectivity index is 2.39. The molecular weight excluding hydrogens is 275 g/mol. The molecule has 2 N–H and O–H groups in total. The summed E-state index contributed by atoms with van der Waals surface area (Å²) in [6.07, 6.45) is 0.835. The number of anilines is 1. The maximum atomic E-state index is 13.4. The van der Waals surface area contributed by atoms with Crippen LogP contribution in [0.15, 0.2) is 12.1 Å². The Morgan fingerprint density at radius 1 is 1.58 bits per heavy atom. The van der Waals surface area contributed by atoms with Crippen LogP contribution in [0.1, 0.15) is 16.8 Å². The van der Waals surface area contributed by atoms with Crippen LogP contribution < -0.4 is 5.32 Å². The van der Waals surface area contributed by atoms with Crippen molar-refractivity contribution in [1.82, 2.24) is 0 Å². The van der Waals surface area contributed by atoms with Gasteiger partial charge in [0.2, 0.25) is 0 Å². The highest BCUT2D eigenvalue weighted by atomic mass is 32.2. The Bertz CT molecular complexity index is 532. The molecule has 0 aromatic heterocycles.